The number of hydrogen-bond acceptors (Lipinski definition) is 3. The summed E-state index contributed by atoms with van der Waals surface area (Å²) < 4.78 is 6.27. The Labute approximate surface area is 117 Å². The Kier molecular flexibility index (Phi) is 3.76. The van der Waals surface area contributed by atoms with Crippen molar-refractivity contribution in [3.63, 3.8) is 0 Å². The van der Waals surface area contributed by atoms with Crippen molar-refractivity contribution in [2.24, 2.45) is 0 Å². The highest BCUT2D eigenvalue weighted by molar-refractivity contribution is 9.10. The summed E-state index contributed by atoms with van der Waals surface area (Å²) in [7, 11) is 0. The first-order chi connectivity index (χ1) is 8.08. The average Bonchev–Trinajstić information content (AvgIpc) is 2.26. The van der Waals surface area contributed by atoms with Crippen LogP contribution in [0.5, 0.6) is 11.6 Å². The summed E-state index contributed by atoms with van der Waals surface area (Å²) in [6.45, 7) is 0. The van der Waals surface area contributed by atoms with Crippen molar-refractivity contribution in [2.75, 3.05) is 5.73 Å². The van der Waals surface area contributed by atoms with E-state index in [1.807, 2.05) is 0 Å². The number of anilines is 1. The Morgan fingerprint density at radius 3 is 2.65 bits per heavy atom. The quantitative estimate of drug-likeness (QED) is 0.821. The molecule has 0 saturated heterocycles. The van der Waals surface area contributed by atoms with Gasteiger partial charge in [0, 0.05) is 10.7 Å². The number of nitrogens with zero attached hydrogens (tertiary/aromatic N) is 1. The first-order valence-corrected chi connectivity index (χ1v) is 6.15. The molecule has 0 bridgehead atoms. The van der Waals surface area contributed by atoms with Gasteiger partial charge in [0.05, 0.1) is 10.7 Å². The third kappa shape index (κ3) is 2.83. The molecule has 88 valence electrons. The van der Waals surface area contributed by atoms with Crippen LogP contribution in [-0.4, -0.2) is 4.98 Å². The fourth-order valence-electron chi connectivity index (χ4n) is 1.21. The molecule has 0 saturated carbocycles. The second kappa shape index (κ2) is 5.12. The Balaban J connectivity index is 2.38. The second-order valence-electron chi connectivity index (χ2n) is 3.20. The number of benzene rings is 1. The maximum Gasteiger partial charge on any atom is 0.238 e. The van der Waals surface area contributed by atoms with E-state index in [1.54, 1.807) is 30.5 Å². The second-order valence-corrected chi connectivity index (χ2v) is 4.93. The van der Waals surface area contributed by atoms with Gasteiger partial charge in [-0.15, -0.1) is 0 Å². The van der Waals surface area contributed by atoms with E-state index in [4.69, 9.17) is 33.7 Å². The summed E-state index contributed by atoms with van der Waals surface area (Å²) in [4.78, 5) is 4.04. The summed E-state index contributed by atoms with van der Waals surface area (Å²) >= 11 is 15.2. The number of pyridine rings is 1. The fourth-order valence-corrected chi connectivity index (χ4v) is 2.10. The number of rotatable bonds is 2. The first-order valence-electron chi connectivity index (χ1n) is 4.61. The highest BCUT2D eigenvalue weighted by Gasteiger charge is 2.11. The molecule has 0 unspecified atom stereocenters. The van der Waals surface area contributed by atoms with Crippen LogP contribution in [0.3, 0.4) is 0 Å². The molecule has 0 aliphatic heterocycles. The van der Waals surface area contributed by atoms with Crippen molar-refractivity contribution in [3.05, 3.63) is 45.0 Å². The van der Waals surface area contributed by atoms with Gasteiger partial charge >= 0.3 is 0 Å². The van der Waals surface area contributed by atoms with Crippen LogP contribution in [0.2, 0.25) is 10.0 Å². The predicted octanol–water partition coefficient (Wildman–Crippen LogP) is 4.53. The van der Waals surface area contributed by atoms with Gasteiger partial charge in [-0.2, -0.15) is 0 Å². The molecule has 17 heavy (non-hydrogen) atoms. The smallest absolute Gasteiger partial charge is 0.238 e. The topological polar surface area (TPSA) is 48.1 Å². The minimum Gasteiger partial charge on any atom is -0.434 e. The average molecular weight is 334 g/mol. The zero-order valence-corrected chi connectivity index (χ0v) is 11.6. The van der Waals surface area contributed by atoms with Gasteiger partial charge in [-0.3, -0.25) is 0 Å². The normalized spacial score (nSPS) is 10.3. The van der Waals surface area contributed by atoms with Gasteiger partial charge in [-0.1, -0.05) is 29.3 Å². The van der Waals surface area contributed by atoms with E-state index in [9.17, 15) is 0 Å². The number of ether oxygens (including phenoxy) is 1. The molecule has 0 amide bonds. The zero-order valence-electron chi connectivity index (χ0n) is 8.45. The Morgan fingerprint density at radius 2 is 2.00 bits per heavy atom. The van der Waals surface area contributed by atoms with E-state index in [0.717, 1.165) is 4.47 Å². The van der Waals surface area contributed by atoms with E-state index in [1.165, 1.54) is 0 Å². The molecule has 1 heterocycles. The van der Waals surface area contributed by atoms with E-state index < -0.39 is 0 Å². The van der Waals surface area contributed by atoms with Crippen LogP contribution in [0.15, 0.2) is 34.9 Å². The van der Waals surface area contributed by atoms with Crippen LogP contribution in [-0.2, 0) is 0 Å². The number of nitrogens with two attached hydrogens (primary N) is 1. The molecule has 2 rings (SSSR count). The fraction of sp³-hybridized carbons (Fsp3) is 0. The third-order valence-corrected chi connectivity index (χ3v) is 2.97. The summed E-state index contributed by atoms with van der Waals surface area (Å²) in [6, 6.07) is 6.78. The van der Waals surface area contributed by atoms with Crippen LogP contribution in [0.25, 0.3) is 0 Å². The van der Waals surface area contributed by atoms with E-state index in [-0.39, 0.29) is 5.88 Å². The third-order valence-electron chi connectivity index (χ3n) is 1.97. The van der Waals surface area contributed by atoms with Crippen molar-refractivity contribution in [2.45, 2.75) is 0 Å². The molecule has 0 fully saturated rings. The molecule has 0 radical (unpaired) electrons. The Hall–Kier alpha value is -0.970. The minimum atomic E-state index is 0.259. The SMILES string of the molecule is Nc1cccc(Cl)c1Oc1ncc(Br)cc1Cl. The van der Waals surface area contributed by atoms with Crippen molar-refractivity contribution in [1.82, 2.24) is 4.98 Å². The van der Waals surface area contributed by atoms with Crippen molar-refractivity contribution in [1.29, 1.82) is 0 Å². The van der Waals surface area contributed by atoms with Gasteiger partial charge in [0.1, 0.15) is 5.02 Å². The predicted molar refractivity (Wildman–Crippen MR) is 72.9 cm³/mol. The summed E-state index contributed by atoms with van der Waals surface area (Å²) in [5.74, 6) is 0.612. The summed E-state index contributed by atoms with van der Waals surface area (Å²) in [5.41, 5.74) is 6.19. The maximum absolute atomic E-state index is 5.98. The van der Waals surface area contributed by atoms with Gasteiger partial charge in [-0.05, 0) is 34.1 Å². The monoisotopic (exact) mass is 332 g/mol. The molecular formula is C11H7BrCl2N2O. The summed E-state index contributed by atoms with van der Waals surface area (Å²) in [6.07, 6.45) is 1.58. The van der Waals surface area contributed by atoms with Gasteiger partial charge in [0.2, 0.25) is 5.88 Å². The molecule has 0 spiro atoms. The van der Waals surface area contributed by atoms with E-state index in [2.05, 4.69) is 20.9 Å². The van der Waals surface area contributed by atoms with Crippen molar-refractivity contribution >= 4 is 44.8 Å². The van der Waals surface area contributed by atoms with Crippen molar-refractivity contribution in [3.8, 4) is 11.6 Å². The van der Waals surface area contributed by atoms with Gasteiger partial charge in [-0.25, -0.2) is 4.98 Å². The Morgan fingerprint density at radius 1 is 1.24 bits per heavy atom. The largest absolute Gasteiger partial charge is 0.434 e. The van der Waals surface area contributed by atoms with Crippen LogP contribution >= 0.6 is 39.1 Å². The standard InChI is InChI=1S/C11H7BrCl2N2O/c12-6-4-8(14)11(16-5-6)17-10-7(13)2-1-3-9(10)15/h1-5H,15H2. The highest BCUT2D eigenvalue weighted by Crippen LogP contribution is 2.36. The van der Waals surface area contributed by atoms with Crippen LogP contribution in [0.1, 0.15) is 0 Å². The molecule has 0 aliphatic carbocycles. The number of nitrogen functional groups attached to an aromatic ring is 1. The summed E-state index contributed by atoms with van der Waals surface area (Å²) in [5, 5.41) is 0.782. The molecular weight excluding hydrogens is 327 g/mol. The maximum atomic E-state index is 5.98. The Bertz CT molecular complexity index is 543. The highest BCUT2D eigenvalue weighted by atomic mass is 79.9. The lowest BCUT2D eigenvalue weighted by atomic mass is 10.3. The van der Waals surface area contributed by atoms with E-state index in [0.29, 0.717) is 21.5 Å². The number of hydrogen-bond donors (Lipinski definition) is 1. The lowest BCUT2D eigenvalue weighted by Crippen LogP contribution is -1.94. The zero-order chi connectivity index (χ0) is 12.4. The molecule has 2 N–H and O–H groups in total. The molecule has 0 aliphatic rings. The molecule has 3 nitrogen and oxygen atoms in total. The molecule has 2 aromatic rings. The van der Waals surface area contributed by atoms with Crippen LogP contribution < -0.4 is 10.5 Å². The van der Waals surface area contributed by atoms with Gasteiger partial charge in [0.15, 0.2) is 5.75 Å². The van der Waals surface area contributed by atoms with Crippen molar-refractivity contribution < 1.29 is 4.74 Å². The van der Waals surface area contributed by atoms with Crippen LogP contribution in [0.4, 0.5) is 5.69 Å². The number of halogens is 3. The first kappa shape index (κ1) is 12.5. The lowest BCUT2D eigenvalue weighted by Gasteiger charge is -2.10. The van der Waals surface area contributed by atoms with E-state index >= 15 is 0 Å². The van der Waals surface area contributed by atoms with Crippen LogP contribution in [0, 0.1) is 0 Å². The minimum absolute atomic E-state index is 0.259. The molecule has 1 aromatic carbocycles. The number of aromatic nitrogens is 1. The molecule has 6 heteroatoms. The number of para-hydroxylation sites is 1. The molecule has 1 aromatic heterocycles. The lowest BCUT2D eigenvalue weighted by molar-refractivity contribution is 0.465. The van der Waals surface area contributed by atoms with Gasteiger partial charge < -0.3 is 10.5 Å². The van der Waals surface area contributed by atoms with Gasteiger partial charge in [0.25, 0.3) is 0 Å². The molecule has 0 atom stereocenters.